The number of amides is 11. The van der Waals surface area contributed by atoms with Gasteiger partial charge in [0, 0.05) is 62.6 Å². The Morgan fingerprint density at radius 1 is 0.671 bits per heavy atom. The summed E-state index contributed by atoms with van der Waals surface area (Å²) in [7, 11) is 8.21. The average Bonchev–Trinajstić information content (AvgIpc) is 3.54. The van der Waals surface area contributed by atoms with E-state index in [2.05, 4.69) is 69.1 Å². The molecule has 1 fully saturated rings. The summed E-state index contributed by atoms with van der Waals surface area (Å²) < 4.78 is 0. The molecule has 1 aliphatic rings. The number of aliphatic hydroxyl groups is 1. The quantitative estimate of drug-likeness (QED) is 0.0455. The number of carboxylic acids is 2. The third kappa shape index (κ3) is 28.6. The van der Waals surface area contributed by atoms with E-state index in [4.69, 9.17) is 5.73 Å². The third-order valence-corrected chi connectivity index (χ3v) is 18.0. The zero-order valence-electron chi connectivity index (χ0n) is 47.7. The van der Waals surface area contributed by atoms with Crippen LogP contribution in [0.15, 0.2) is 24.3 Å². The Bertz CT molecular complexity index is 2470. The van der Waals surface area contributed by atoms with Crippen LogP contribution in [0, 0.1) is 5.92 Å². The normalized spacial score (nSPS) is 22.9. The predicted molar refractivity (Wildman–Crippen MR) is 321 cm³/mol. The van der Waals surface area contributed by atoms with Crippen molar-refractivity contribution in [2.24, 2.45) is 11.7 Å². The van der Waals surface area contributed by atoms with Crippen molar-refractivity contribution in [3.05, 3.63) is 29.8 Å². The van der Waals surface area contributed by atoms with Crippen LogP contribution < -0.4 is 74.9 Å². The van der Waals surface area contributed by atoms with Crippen molar-refractivity contribution in [3.63, 3.8) is 0 Å². The monoisotopic (exact) mass is 1290 g/mol. The number of carbonyl (C=O) groups is 13. The van der Waals surface area contributed by atoms with Gasteiger partial charge in [-0.2, -0.15) is 11.8 Å². The van der Waals surface area contributed by atoms with E-state index in [1.807, 2.05) is 0 Å². The second-order valence-electron chi connectivity index (χ2n) is 19.2. The molecule has 85 heavy (non-hydrogen) atoms. The molecule has 1 heterocycles. The van der Waals surface area contributed by atoms with Crippen molar-refractivity contribution in [1.29, 1.82) is 0 Å². The van der Waals surface area contributed by atoms with Gasteiger partial charge in [0.05, 0.1) is 18.6 Å². The van der Waals surface area contributed by atoms with E-state index >= 15 is 0 Å². The van der Waals surface area contributed by atoms with E-state index in [9.17, 15) is 82.8 Å². The Kier molecular flexibility index (Phi) is 34.7. The number of aliphatic carboxylic acids is 2. The van der Waals surface area contributed by atoms with Crippen molar-refractivity contribution in [2.45, 2.75) is 120 Å². The lowest BCUT2D eigenvalue weighted by molar-refractivity contribution is -0.141. The standard InChI is InChI=1S/C49H78N14O17S5/c1-23(2)38(63-49(50)80)47(77)55-24(3)39(69)61-32-18-81-15-14-29(43(73)58-28(40(70)52-6)12-13-37(67)68)59-46(76)34(56-25(4)64)21-84-83-20-33(41(71)53-7)62-44(74)31(51-5)19-82-85-22-35(48(78)79)57-36(66)17-54-42(72)30(60-45(32)75)16-26-8-10-27(65)11-9-26/h8-11,23-24,28-35,38,49,51,63,65,80H,12-22,50H2,1-7H3,(H,52,70)(H,53,71)(H,54,72)(H,55,77)(H,56,64)(H,57,66)(H,58,73)(H,59,76)(H,60,75)(H,61,69)(H,62,74)(H,67,68)(H,78,79)/t24-,28+,29-,30-,31+,32-,33-,34-,35+,38-,49?/m1/s1. The molecule has 1 aliphatic heterocycles. The highest BCUT2D eigenvalue weighted by Gasteiger charge is 2.34. The van der Waals surface area contributed by atoms with Gasteiger partial charge >= 0.3 is 11.9 Å². The SMILES string of the molecule is CNC(=O)[C@H](CCC(=O)O)NC(=O)[C@H]1CCSC[C@@H](NC(=O)[C@@H](C)NC(=O)[C@H](NC(N)O)C(C)C)C(=O)N[C@H](Cc2ccc(O)cc2)C(=O)NCC(=O)N[C@H](C(=O)O)CSSC[C@H](NC)C(=O)N[C@@H](C(=O)NC)CSSC[C@@H](NC(C)=O)C(=O)N1. The Balaban J connectivity index is 2.74. The molecular weight excluding hydrogens is 1220 g/mol. The largest absolute Gasteiger partial charge is 0.508 e. The molecule has 0 aliphatic carbocycles. The Morgan fingerprint density at radius 2 is 1.25 bits per heavy atom. The number of likely N-dealkylation sites (N-methyl/N-ethyl adjacent to an activating group) is 3. The van der Waals surface area contributed by atoms with Crippen LogP contribution in [0.4, 0.5) is 0 Å². The minimum absolute atomic E-state index is 0.0391. The number of rotatable bonds is 19. The van der Waals surface area contributed by atoms with Gasteiger partial charge in [-0.3, -0.25) is 68.6 Å². The van der Waals surface area contributed by atoms with Crippen LogP contribution in [0.5, 0.6) is 5.75 Å². The number of aliphatic hydroxyl groups excluding tert-OH is 1. The molecule has 19 N–H and O–H groups in total. The summed E-state index contributed by atoms with van der Waals surface area (Å²) in [5.41, 5.74) is 5.85. The minimum Gasteiger partial charge on any atom is -0.508 e. The molecule has 0 saturated carbocycles. The second kappa shape index (κ2) is 39.4. The molecular formula is C49H78N14O17S5. The van der Waals surface area contributed by atoms with Gasteiger partial charge in [0.2, 0.25) is 65.0 Å². The predicted octanol–water partition coefficient (Wildman–Crippen LogP) is -5.25. The number of aromatic hydroxyl groups is 1. The smallest absolute Gasteiger partial charge is 0.327 e. The summed E-state index contributed by atoms with van der Waals surface area (Å²) in [6.07, 6.45) is -3.10. The molecule has 1 saturated heterocycles. The van der Waals surface area contributed by atoms with Crippen LogP contribution in [-0.4, -0.2) is 226 Å². The zero-order chi connectivity index (χ0) is 63.9. The fourth-order valence-corrected chi connectivity index (χ4v) is 13.2. The lowest BCUT2D eigenvalue weighted by atomic mass is 10.0. The fourth-order valence-electron chi connectivity index (χ4n) is 7.40. The van der Waals surface area contributed by atoms with E-state index in [1.165, 1.54) is 52.3 Å². The molecule has 36 heteroatoms. The van der Waals surface area contributed by atoms with Crippen molar-refractivity contribution < 1.29 is 82.8 Å². The molecule has 1 aromatic carbocycles. The third-order valence-electron chi connectivity index (χ3n) is 12.1. The number of phenols is 1. The van der Waals surface area contributed by atoms with Gasteiger partial charge in [-0.25, -0.2) is 4.79 Å². The maximum atomic E-state index is 14.5. The number of hydrogen-bond donors (Lipinski definition) is 18. The topological polar surface area (TPSA) is 485 Å². The lowest BCUT2D eigenvalue weighted by Gasteiger charge is -2.27. The molecule has 1 aromatic rings. The molecule has 0 radical (unpaired) electrons. The number of nitrogens with two attached hydrogens (primary N) is 1. The van der Waals surface area contributed by atoms with E-state index in [1.54, 1.807) is 13.8 Å². The van der Waals surface area contributed by atoms with E-state index < -0.39 is 163 Å². The van der Waals surface area contributed by atoms with Gasteiger partial charge in [-0.1, -0.05) is 69.2 Å². The number of nitrogens with one attached hydrogen (secondary N) is 13. The van der Waals surface area contributed by atoms with Crippen LogP contribution >= 0.6 is 54.9 Å². The van der Waals surface area contributed by atoms with E-state index in [-0.39, 0.29) is 59.5 Å². The van der Waals surface area contributed by atoms with Crippen LogP contribution in [0.3, 0.4) is 0 Å². The van der Waals surface area contributed by atoms with Gasteiger partial charge < -0.3 is 84.2 Å². The lowest BCUT2D eigenvalue weighted by Crippen LogP contribution is -2.60. The molecule has 0 spiro atoms. The van der Waals surface area contributed by atoms with Gasteiger partial charge in [0.15, 0.2) is 6.35 Å². The van der Waals surface area contributed by atoms with E-state index in [0.29, 0.717) is 5.56 Å². The minimum atomic E-state index is -1.61. The van der Waals surface area contributed by atoms with Gasteiger partial charge in [0.1, 0.15) is 54.1 Å². The summed E-state index contributed by atoms with van der Waals surface area (Å²) in [5, 5.41) is 71.8. The molecule has 11 amide bonds. The summed E-state index contributed by atoms with van der Waals surface area (Å²) in [5.74, 6) is -13.3. The molecule has 1 unspecified atom stereocenters. The molecule has 0 aromatic heterocycles. The van der Waals surface area contributed by atoms with Crippen LogP contribution in [0.1, 0.15) is 52.5 Å². The highest BCUT2D eigenvalue weighted by atomic mass is 33.1. The number of thioether (sulfide) groups is 1. The maximum absolute atomic E-state index is 14.5. The maximum Gasteiger partial charge on any atom is 0.327 e. The Labute approximate surface area is 510 Å². The highest BCUT2D eigenvalue weighted by Crippen LogP contribution is 2.25. The van der Waals surface area contributed by atoms with Gasteiger partial charge in [-0.15, -0.1) is 0 Å². The Morgan fingerprint density at radius 3 is 1.81 bits per heavy atom. The first-order valence-corrected chi connectivity index (χ1v) is 32.5. The summed E-state index contributed by atoms with van der Waals surface area (Å²) in [6, 6.07) is -7.93. The molecule has 2 rings (SSSR count). The van der Waals surface area contributed by atoms with Crippen LogP contribution in [-0.2, 0) is 68.7 Å². The first kappa shape index (κ1) is 74.8. The van der Waals surface area contributed by atoms with E-state index in [0.717, 1.165) is 61.9 Å². The summed E-state index contributed by atoms with van der Waals surface area (Å²) >= 11 is 0.932. The van der Waals surface area contributed by atoms with Crippen molar-refractivity contribution in [3.8, 4) is 5.75 Å². The summed E-state index contributed by atoms with van der Waals surface area (Å²) in [6.45, 7) is 4.91. The van der Waals surface area contributed by atoms with Crippen molar-refractivity contribution in [2.75, 3.05) is 62.2 Å². The van der Waals surface area contributed by atoms with Crippen LogP contribution in [0.25, 0.3) is 0 Å². The first-order chi connectivity index (χ1) is 40.1. The summed E-state index contributed by atoms with van der Waals surface area (Å²) in [4.78, 5) is 173. The fraction of sp³-hybridized carbons (Fsp3) is 0.612. The number of carboxylic acid groups (broad SMARTS) is 2. The van der Waals surface area contributed by atoms with Crippen LogP contribution in [0.2, 0.25) is 0 Å². The molecule has 11 atom stereocenters. The van der Waals surface area contributed by atoms with Gasteiger partial charge in [-0.05, 0) is 56.2 Å². The highest BCUT2D eigenvalue weighted by molar-refractivity contribution is 8.77. The molecule has 0 bridgehead atoms. The number of benzene rings is 1. The van der Waals surface area contributed by atoms with Gasteiger partial charge in [0.25, 0.3) is 0 Å². The number of carbonyl (C=O) groups excluding carboxylic acids is 11. The van der Waals surface area contributed by atoms with Crippen molar-refractivity contribution >= 4 is 132 Å². The number of phenolic OH excluding ortho intramolecular Hbond substituents is 1. The average molecular weight is 1300 g/mol. The number of hydrogen-bond acceptors (Lipinski definition) is 23. The van der Waals surface area contributed by atoms with Crippen molar-refractivity contribution in [1.82, 2.24) is 69.1 Å². The molecule has 31 nitrogen and oxygen atoms in total. The second-order valence-corrected chi connectivity index (χ2v) is 25.4. The molecule has 476 valence electrons. The zero-order valence-corrected chi connectivity index (χ0v) is 51.8. The first-order valence-electron chi connectivity index (χ1n) is 26.4. The Hall–Kier alpha value is -6.28.